The molecule has 0 spiro atoms. The first-order valence-electron chi connectivity index (χ1n) is 23.5. The second kappa shape index (κ2) is 17.2. The van der Waals surface area contributed by atoms with E-state index >= 15 is 0 Å². The highest BCUT2D eigenvalue weighted by Gasteiger charge is 2.25. The van der Waals surface area contributed by atoms with Crippen LogP contribution in [0.2, 0.25) is 0 Å². The van der Waals surface area contributed by atoms with Crippen molar-refractivity contribution in [3.8, 4) is 66.8 Å². The molecule has 13 rings (SSSR count). The highest BCUT2D eigenvalue weighted by molar-refractivity contribution is 7.26. The van der Waals surface area contributed by atoms with Gasteiger partial charge in [0.1, 0.15) is 11.2 Å². The highest BCUT2D eigenvalue weighted by Crippen LogP contribution is 2.51. The average molecular weight is 898 g/mol. The first-order valence-corrected chi connectivity index (χ1v) is 24.3. The molecule has 0 N–H and O–H groups in total. The van der Waals surface area contributed by atoms with E-state index in [0.29, 0.717) is 0 Å². The van der Waals surface area contributed by atoms with Gasteiger partial charge in [0.25, 0.3) is 0 Å². The summed E-state index contributed by atoms with van der Waals surface area (Å²) in [5.41, 5.74) is 19.0. The summed E-state index contributed by atoms with van der Waals surface area (Å²) in [7, 11) is 0. The molecule has 13 aromatic rings. The number of thiophene rings is 1. The fraction of sp³-hybridized carbons (Fsp3) is 0. The van der Waals surface area contributed by atoms with Crippen molar-refractivity contribution in [1.29, 1.82) is 0 Å². The van der Waals surface area contributed by atoms with Crippen LogP contribution < -0.4 is 4.90 Å². The van der Waals surface area contributed by atoms with E-state index in [1.165, 1.54) is 59.1 Å². The number of hydrogen-bond donors (Lipinski definition) is 0. The van der Waals surface area contributed by atoms with E-state index in [0.717, 1.165) is 66.8 Å². The Kier molecular flexibility index (Phi) is 10.1. The zero-order valence-corrected chi connectivity index (χ0v) is 38.4. The molecule has 2 nitrogen and oxygen atoms in total. The second-order valence-corrected chi connectivity index (χ2v) is 18.6. The van der Waals surface area contributed by atoms with Gasteiger partial charge in [-0.2, -0.15) is 0 Å². The lowest BCUT2D eigenvalue weighted by molar-refractivity contribution is 0.670. The zero-order chi connectivity index (χ0) is 45.7. The summed E-state index contributed by atoms with van der Waals surface area (Å²) in [4.78, 5) is 2.47. The minimum Gasteiger partial charge on any atom is -0.455 e. The molecular formula is C66H43NOS. The topological polar surface area (TPSA) is 16.4 Å². The molecule has 0 bridgehead atoms. The Bertz CT molecular complexity index is 3990. The normalized spacial score (nSPS) is 11.5. The summed E-state index contributed by atoms with van der Waals surface area (Å²) in [6.45, 7) is 0. The van der Waals surface area contributed by atoms with Gasteiger partial charge in [-0.3, -0.25) is 0 Å². The highest BCUT2D eigenvalue weighted by atomic mass is 32.1. The zero-order valence-electron chi connectivity index (χ0n) is 37.6. The van der Waals surface area contributed by atoms with E-state index in [-0.39, 0.29) is 0 Å². The van der Waals surface area contributed by atoms with Gasteiger partial charge in [-0.25, -0.2) is 0 Å². The molecule has 0 radical (unpaired) electrons. The molecule has 0 fully saturated rings. The van der Waals surface area contributed by atoms with Gasteiger partial charge in [-0.1, -0.05) is 206 Å². The summed E-state index contributed by atoms with van der Waals surface area (Å²) in [6, 6.07) is 94.2. The summed E-state index contributed by atoms with van der Waals surface area (Å²) in [6.07, 6.45) is 0. The molecule has 2 aromatic heterocycles. The lowest BCUT2D eigenvalue weighted by Gasteiger charge is -2.28. The van der Waals surface area contributed by atoms with Crippen molar-refractivity contribution in [2.45, 2.75) is 0 Å². The van der Waals surface area contributed by atoms with Crippen molar-refractivity contribution < 1.29 is 4.42 Å². The maximum Gasteiger partial charge on any atom is 0.145 e. The Labute approximate surface area is 405 Å². The van der Waals surface area contributed by atoms with E-state index in [4.69, 9.17) is 4.42 Å². The summed E-state index contributed by atoms with van der Waals surface area (Å²) in [5, 5.41) is 4.60. The minimum absolute atomic E-state index is 0.853. The lowest BCUT2D eigenvalue weighted by Crippen LogP contribution is -2.11. The van der Waals surface area contributed by atoms with Crippen LogP contribution in [0.15, 0.2) is 265 Å². The first kappa shape index (κ1) is 40.5. The number of hydrogen-bond acceptors (Lipinski definition) is 3. The van der Waals surface area contributed by atoms with E-state index in [9.17, 15) is 0 Å². The van der Waals surface area contributed by atoms with Crippen LogP contribution in [-0.4, -0.2) is 0 Å². The lowest BCUT2D eigenvalue weighted by atomic mass is 9.89. The Hall–Kier alpha value is -8.76. The molecule has 11 aromatic carbocycles. The van der Waals surface area contributed by atoms with Crippen LogP contribution in [0.4, 0.5) is 17.1 Å². The molecular weight excluding hydrogens is 855 g/mol. The monoisotopic (exact) mass is 897 g/mol. The van der Waals surface area contributed by atoms with E-state index in [1.54, 1.807) is 0 Å². The van der Waals surface area contributed by atoms with E-state index in [2.05, 4.69) is 266 Å². The molecule has 69 heavy (non-hydrogen) atoms. The number of benzene rings is 11. The maximum atomic E-state index is 7.11. The first-order chi connectivity index (χ1) is 34.2. The Morgan fingerprint density at radius 3 is 1.38 bits per heavy atom. The maximum absolute atomic E-state index is 7.11. The third-order valence-corrected chi connectivity index (χ3v) is 14.6. The van der Waals surface area contributed by atoms with Gasteiger partial charge in [0.2, 0.25) is 0 Å². The number of nitrogens with zero attached hydrogens (tertiary/aromatic N) is 1. The van der Waals surface area contributed by atoms with Crippen LogP contribution in [0.1, 0.15) is 0 Å². The summed E-state index contributed by atoms with van der Waals surface area (Å²) < 4.78 is 9.61. The van der Waals surface area contributed by atoms with Crippen molar-refractivity contribution >= 4 is 70.5 Å². The van der Waals surface area contributed by atoms with Crippen molar-refractivity contribution in [2.24, 2.45) is 0 Å². The van der Waals surface area contributed by atoms with Crippen LogP contribution >= 0.6 is 11.3 Å². The molecule has 0 saturated heterocycles. The number of fused-ring (bicyclic) bond motifs is 6. The minimum atomic E-state index is 0.853. The number of anilines is 3. The Morgan fingerprint density at radius 2 is 0.768 bits per heavy atom. The van der Waals surface area contributed by atoms with Gasteiger partial charge in [-0.15, -0.1) is 11.3 Å². The molecule has 0 aliphatic carbocycles. The van der Waals surface area contributed by atoms with Gasteiger partial charge in [-0.05, 0) is 116 Å². The molecule has 3 heteroatoms. The van der Waals surface area contributed by atoms with Gasteiger partial charge in [0.05, 0.1) is 16.8 Å². The molecule has 0 amide bonds. The Morgan fingerprint density at radius 1 is 0.290 bits per heavy atom. The summed E-state index contributed by atoms with van der Waals surface area (Å²) in [5.74, 6) is 0. The molecule has 0 atom stereocenters. The van der Waals surface area contributed by atoms with Crippen LogP contribution in [0.5, 0.6) is 0 Å². The van der Waals surface area contributed by atoms with Gasteiger partial charge >= 0.3 is 0 Å². The van der Waals surface area contributed by atoms with Crippen molar-refractivity contribution in [2.75, 3.05) is 4.90 Å². The van der Waals surface area contributed by atoms with Crippen LogP contribution in [-0.2, 0) is 0 Å². The van der Waals surface area contributed by atoms with Crippen molar-refractivity contribution in [3.05, 3.63) is 261 Å². The second-order valence-electron chi connectivity index (χ2n) is 17.6. The standard InChI is InChI=1S/C66H43NOS/c1-5-18-44(19-6-1)49-34-38-57-61(42-49)68-66-54(47-24-11-4-12-25-47)40-41-60(65(57)66)67(59-30-17-31-62-64(59)58-39-35-50(43-63(58)69-62)45-20-7-2-8-21-45)51-36-32-48(33-37-51)53-27-14-16-29-56(53)55-28-15-13-26-52(55)46-22-9-3-10-23-46/h1-43H. The fourth-order valence-electron chi connectivity index (χ4n) is 10.3. The van der Waals surface area contributed by atoms with Crippen LogP contribution in [0.3, 0.4) is 0 Å². The van der Waals surface area contributed by atoms with Crippen molar-refractivity contribution in [3.63, 3.8) is 0 Å². The largest absolute Gasteiger partial charge is 0.455 e. The summed E-state index contributed by atoms with van der Waals surface area (Å²) >= 11 is 1.85. The SMILES string of the molecule is c1ccc(-c2ccc3c(c2)oc2c(-c4ccccc4)ccc(N(c4ccc(-c5ccccc5-c5ccccc5-c5ccccc5)cc4)c4cccc5sc6cc(-c7ccccc7)ccc6c45)c23)cc1. The predicted octanol–water partition coefficient (Wildman–Crippen LogP) is 19.4. The number of furan rings is 1. The van der Waals surface area contributed by atoms with Crippen LogP contribution in [0.25, 0.3) is 109 Å². The Balaban J connectivity index is 1.04. The third kappa shape index (κ3) is 7.20. The quantitative estimate of drug-likeness (QED) is 0.144. The fourth-order valence-corrected chi connectivity index (χ4v) is 11.4. The molecule has 2 heterocycles. The van der Waals surface area contributed by atoms with Crippen molar-refractivity contribution in [1.82, 2.24) is 0 Å². The van der Waals surface area contributed by atoms with Gasteiger partial charge in [0.15, 0.2) is 0 Å². The molecule has 0 aliphatic heterocycles. The van der Waals surface area contributed by atoms with Gasteiger partial charge in [0, 0.05) is 36.8 Å². The predicted molar refractivity (Wildman–Crippen MR) is 294 cm³/mol. The van der Waals surface area contributed by atoms with E-state index < -0.39 is 0 Å². The average Bonchev–Trinajstić information content (AvgIpc) is 4.01. The number of rotatable bonds is 9. The third-order valence-electron chi connectivity index (χ3n) is 13.5. The molecule has 0 aliphatic rings. The molecule has 324 valence electrons. The van der Waals surface area contributed by atoms with E-state index in [1.807, 2.05) is 11.3 Å². The van der Waals surface area contributed by atoms with Gasteiger partial charge < -0.3 is 9.32 Å². The molecule has 0 unspecified atom stereocenters. The van der Waals surface area contributed by atoms with Crippen LogP contribution in [0, 0.1) is 0 Å². The smallest absolute Gasteiger partial charge is 0.145 e. The molecule has 0 saturated carbocycles.